The fourth-order valence-corrected chi connectivity index (χ4v) is 2.67. The number of hydrogen-bond donors (Lipinski definition) is 2. The fraction of sp³-hybridized carbons (Fsp3) is 0.562. The van der Waals surface area contributed by atoms with Crippen LogP contribution in [0.15, 0.2) is 24.3 Å². The molecule has 3 heteroatoms. The van der Waals surface area contributed by atoms with E-state index in [-0.39, 0.29) is 11.9 Å². The van der Waals surface area contributed by atoms with Gasteiger partial charge in [0.05, 0.1) is 0 Å². The van der Waals surface area contributed by atoms with Crippen LogP contribution in [-0.2, 0) is 0 Å². The lowest BCUT2D eigenvalue weighted by Crippen LogP contribution is -2.30. The van der Waals surface area contributed by atoms with E-state index in [1.165, 1.54) is 19.3 Å². The number of benzene rings is 1. The standard InChI is InChI=1S/C16H24N2O/c1-11(2)17-16(19)13-5-4-6-14(10-13)18-15-8-7-12(3)9-15/h4-6,10-12,15,18H,7-9H2,1-3H3,(H,17,19). The van der Waals surface area contributed by atoms with Crippen LogP contribution in [0.2, 0.25) is 0 Å². The Kier molecular flexibility index (Phi) is 4.46. The number of rotatable bonds is 4. The highest BCUT2D eigenvalue weighted by Crippen LogP contribution is 2.27. The smallest absolute Gasteiger partial charge is 0.251 e. The fourth-order valence-electron chi connectivity index (χ4n) is 2.67. The molecule has 0 aliphatic heterocycles. The first-order valence-electron chi connectivity index (χ1n) is 7.22. The molecule has 1 amide bonds. The second-order valence-electron chi connectivity index (χ2n) is 5.97. The van der Waals surface area contributed by atoms with E-state index in [2.05, 4.69) is 17.6 Å². The van der Waals surface area contributed by atoms with Crippen LogP contribution in [0.25, 0.3) is 0 Å². The topological polar surface area (TPSA) is 41.1 Å². The molecular formula is C16H24N2O. The summed E-state index contributed by atoms with van der Waals surface area (Å²) >= 11 is 0. The third-order valence-corrected chi connectivity index (χ3v) is 3.61. The third-order valence-electron chi connectivity index (χ3n) is 3.61. The molecule has 2 atom stereocenters. The lowest BCUT2D eigenvalue weighted by molar-refractivity contribution is 0.0943. The third kappa shape index (κ3) is 3.98. The molecule has 0 aromatic heterocycles. The van der Waals surface area contributed by atoms with Gasteiger partial charge in [-0.05, 0) is 57.2 Å². The molecule has 1 aliphatic carbocycles. The molecule has 1 saturated carbocycles. The Labute approximate surface area is 115 Å². The lowest BCUT2D eigenvalue weighted by atomic mass is 10.1. The van der Waals surface area contributed by atoms with Crippen molar-refractivity contribution in [2.45, 2.75) is 52.1 Å². The molecule has 2 N–H and O–H groups in total. The van der Waals surface area contributed by atoms with E-state index < -0.39 is 0 Å². The predicted octanol–water partition coefficient (Wildman–Crippen LogP) is 3.43. The van der Waals surface area contributed by atoms with Gasteiger partial charge in [-0.2, -0.15) is 0 Å². The van der Waals surface area contributed by atoms with Crippen molar-refractivity contribution in [1.82, 2.24) is 5.32 Å². The Morgan fingerprint density at radius 2 is 2.11 bits per heavy atom. The van der Waals surface area contributed by atoms with Crippen LogP contribution in [0.3, 0.4) is 0 Å². The minimum absolute atomic E-state index is 0.00144. The number of carbonyl (C=O) groups is 1. The predicted molar refractivity (Wildman–Crippen MR) is 79.5 cm³/mol. The average molecular weight is 260 g/mol. The number of hydrogen-bond acceptors (Lipinski definition) is 2. The molecule has 0 radical (unpaired) electrons. The molecule has 1 fully saturated rings. The summed E-state index contributed by atoms with van der Waals surface area (Å²) in [7, 11) is 0. The Balaban J connectivity index is 2.00. The zero-order valence-corrected chi connectivity index (χ0v) is 12.1. The molecule has 2 rings (SSSR count). The summed E-state index contributed by atoms with van der Waals surface area (Å²) in [5.41, 5.74) is 1.78. The Bertz CT molecular complexity index is 442. The van der Waals surface area contributed by atoms with E-state index in [1.807, 2.05) is 38.1 Å². The quantitative estimate of drug-likeness (QED) is 0.871. The van der Waals surface area contributed by atoms with Gasteiger partial charge in [-0.3, -0.25) is 4.79 Å². The molecule has 2 unspecified atom stereocenters. The van der Waals surface area contributed by atoms with Gasteiger partial charge in [0.15, 0.2) is 0 Å². The van der Waals surface area contributed by atoms with Gasteiger partial charge in [0.1, 0.15) is 0 Å². The van der Waals surface area contributed by atoms with Crippen molar-refractivity contribution in [3.8, 4) is 0 Å². The highest BCUT2D eigenvalue weighted by Gasteiger charge is 2.21. The normalized spacial score (nSPS) is 22.5. The number of amides is 1. The zero-order valence-electron chi connectivity index (χ0n) is 12.1. The van der Waals surface area contributed by atoms with Gasteiger partial charge >= 0.3 is 0 Å². The average Bonchev–Trinajstić information content (AvgIpc) is 2.74. The summed E-state index contributed by atoms with van der Waals surface area (Å²) in [4.78, 5) is 12.0. The Morgan fingerprint density at radius 1 is 1.32 bits per heavy atom. The molecule has 0 spiro atoms. The van der Waals surface area contributed by atoms with Crippen molar-refractivity contribution in [1.29, 1.82) is 0 Å². The van der Waals surface area contributed by atoms with Crippen LogP contribution in [0, 0.1) is 5.92 Å². The minimum atomic E-state index is -0.00144. The molecule has 0 bridgehead atoms. The number of carbonyl (C=O) groups excluding carboxylic acids is 1. The SMILES string of the molecule is CC1CCC(Nc2cccc(C(=O)NC(C)C)c2)C1. The van der Waals surface area contributed by atoms with Gasteiger partial charge in [-0.25, -0.2) is 0 Å². The number of anilines is 1. The van der Waals surface area contributed by atoms with E-state index in [0.717, 1.165) is 17.2 Å². The van der Waals surface area contributed by atoms with Gasteiger partial charge in [0.2, 0.25) is 0 Å². The first kappa shape index (κ1) is 13.9. The van der Waals surface area contributed by atoms with E-state index in [1.54, 1.807) is 0 Å². The second-order valence-corrected chi connectivity index (χ2v) is 5.97. The van der Waals surface area contributed by atoms with Crippen LogP contribution in [0.1, 0.15) is 50.4 Å². The lowest BCUT2D eigenvalue weighted by Gasteiger charge is -2.15. The van der Waals surface area contributed by atoms with Crippen LogP contribution in [0.5, 0.6) is 0 Å². The van der Waals surface area contributed by atoms with Crippen molar-refractivity contribution in [2.75, 3.05) is 5.32 Å². The number of nitrogens with one attached hydrogen (secondary N) is 2. The van der Waals surface area contributed by atoms with Gasteiger partial charge < -0.3 is 10.6 Å². The minimum Gasteiger partial charge on any atom is -0.382 e. The monoisotopic (exact) mass is 260 g/mol. The first-order valence-corrected chi connectivity index (χ1v) is 7.22. The molecular weight excluding hydrogens is 236 g/mol. The maximum atomic E-state index is 12.0. The summed E-state index contributed by atoms with van der Waals surface area (Å²) in [6.45, 7) is 6.24. The second kappa shape index (κ2) is 6.09. The molecule has 104 valence electrons. The van der Waals surface area contributed by atoms with Crippen molar-refractivity contribution in [3.63, 3.8) is 0 Å². The van der Waals surface area contributed by atoms with Crippen molar-refractivity contribution in [2.24, 2.45) is 5.92 Å². The molecule has 3 nitrogen and oxygen atoms in total. The molecule has 1 aliphatic rings. The molecule has 1 aromatic rings. The van der Waals surface area contributed by atoms with Crippen LogP contribution in [-0.4, -0.2) is 18.0 Å². The summed E-state index contributed by atoms with van der Waals surface area (Å²) in [5, 5.41) is 6.46. The molecule has 19 heavy (non-hydrogen) atoms. The van der Waals surface area contributed by atoms with E-state index >= 15 is 0 Å². The summed E-state index contributed by atoms with van der Waals surface area (Å²) in [5.74, 6) is 0.809. The molecule has 0 saturated heterocycles. The van der Waals surface area contributed by atoms with Crippen molar-refractivity contribution in [3.05, 3.63) is 29.8 Å². The maximum absolute atomic E-state index is 12.0. The van der Waals surface area contributed by atoms with Crippen molar-refractivity contribution < 1.29 is 4.79 Å². The van der Waals surface area contributed by atoms with Gasteiger partial charge in [0.25, 0.3) is 5.91 Å². The van der Waals surface area contributed by atoms with Gasteiger partial charge in [-0.1, -0.05) is 13.0 Å². The first-order chi connectivity index (χ1) is 9.04. The van der Waals surface area contributed by atoms with Crippen LogP contribution >= 0.6 is 0 Å². The largest absolute Gasteiger partial charge is 0.382 e. The van der Waals surface area contributed by atoms with Gasteiger partial charge in [-0.15, -0.1) is 0 Å². The Hall–Kier alpha value is -1.51. The Morgan fingerprint density at radius 3 is 2.74 bits per heavy atom. The van der Waals surface area contributed by atoms with E-state index in [9.17, 15) is 4.79 Å². The van der Waals surface area contributed by atoms with E-state index in [0.29, 0.717) is 6.04 Å². The highest BCUT2D eigenvalue weighted by molar-refractivity contribution is 5.95. The summed E-state index contributed by atoms with van der Waals surface area (Å²) in [6.07, 6.45) is 3.75. The molecule has 0 heterocycles. The highest BCUT2D eigenvalue weighted by atomic mass is 16.1. The van der Waals surface area contributed by atoms with Crippen molar-refractivity contribution >= 4 is 11.6 Å². The van der Waals surface area contributed by atoms with E-state index in [4.69, 9.17) is 0 Å². The zero-order chi connectivity index (χ0) is 13.8. The van der Waals surface area contributed by atoms with Crippen LogP contribution < -0.4 is 10.6 Å². The van der Waals surface area contributed by atoms with Gasteiger partial charge in [0, 0.05) is 23.3 Å². The summed E-state index contributed by atoms with van der Waals surface area (Å²) < 4.78 is 0. The maximum Gasteiger partial charge on any atom is 0.251 e. The molecule has 1 aromatic carbocycles. The van der Waals surface area contributed by atoms with Crippen LogP contribution in [0.4, 0.5) is 5.69 Å². The summed E-state index contributed by atoms with van der Waals surface area (Å²) in [6, 6.07) is 8.50.